The maximum Gasteiger partial charge on any atom is 0.229 e. The zero-order valence-corrected chi connectivity index (χ0v) is 30.1. The van der Waals surface area contributed by atoms with Crippen LogP contribution in [0.25, 0.3) is 22.1 Å². The molecule has 3 N–H and O–H groups in total. The fourth-order valence-electron chi connectivity index (χ4n) is 4.96. The number of carbonyl (C=O) groups is 3. The van der Waals surface area contributed by atoms with Crippen LogP contribution < -0.4 is 10.6 Å². The Labute approximate surface area is 307 Å². The topological polar surface area (TPSA) is 147 Å². The molecule has 278 valence electrons. The number of nitrogens with one attached hydrogen (secondary N) is 2. The molecule has 2 amide bonds. The van der Waals surface area contributed by atoms with E-state index in [4.69, 9.17) is 0 Å². The zero-order chi connectivity index (χ0) is 39.5. The van der Waals surface area contributed by atoms with Crippen molar-refractivity contribution in [2.24, 2.45) is 10.8 Å². The Morgan fingerprint density at radius 1 is 0.593 bits per heavy atom. The smallest absolute Gasteiger partial charge is 0.229 e. The van der Waals surface area contributed by atoms with Gasteiger partial charge in [-0.25, -0.2) is 17.6 Å². The van der Waals surface area contributed by atoms with Gasteiger partial charge < -0.3 is 15.7 Å². The second-order valence-electron chi connectivity index (χ2n) is 14.3. The Balaban J connectivity index is 0.000000208. The Morgan fingerprint density at radius 2 is 1.06 bits per heavy atom. The van der Waals surface area contributed by atoms with Crippen molar-refractivity contribution in [3.8, 4) is 0 Å². The second-order valence-corrected chi connectivity index (χ2v) is 14.3. The van der Waals surface area contributed by atoms with Crippen molar-refractivity contribution in [3.05, 3.63) is 131 Å². The lowest BCUT2D eigenvalue weighted by molar-refractivity contribution is -0.123. The molecular formula is C40H36F4N6O4. The molecule has 0 spiro atoms. The van der Waals surface area contributed by atoms with E-state index in [1.54, 1.807) is 53.7 Å². The van der Waals surface area contributed by atoms with E-state index in [1.807, 2.05) is 0 Å². The molecule has 2 aromatic heterocycles. The first-order chi connectivity index (χ1) is 25.4. The number of aromatic nitrogens is 4. The van der Waals surface area contributed by atoms with Crippen molar-refractivity contribution in [1.82, 2.24) is 19.9 Å². The number of hydrogen-bond acceptors (Lipinski definition) is 8. The minimum absolute atomic E-state index is 0.0695. The Bertz CT molecular complexity index is 2410. The average molecular weight is 741 g/mol. The number of aliphatic hydroxyl groups is 1. The number of amides is 2. The van der Waals surface area contributed by atoms with E-state index < -0.39 is 68.9 Å². The van der Waals surface area contributed by atoms with Gasteiger partial charge in [0.1, 0.15) is 17.7 Å². The molecule has 2 heterocycles. The highest BCUT2D eigenvalue weighted by molar-refractivity contribution is 6.11. The zero-order valence-electron chi connectivity index (χ0n) is 30.1. The first-order valence-electron chi connectivity index (χ1n) is 16.6. The summed E-state index contributed by atoms with van der Waals surface area (Å²) in [6.07, 6.45) is 4.41. The summed E-state index contributed by atoms with van der Waals surface area (Å²) in [5.74, 6) is -5.76. The maximum absolute atomic E-state index is 14.9. The Morgan fingerprint density at radius 3 is 1.59 bits per heavy atom. The van der Waals surface area contributed by atoms with Crippen molar-refractivity contribution in [1.29, 1.82) is 0 Å². The van der Waals surface area contributed by atoms with E-state index in [1.165, 1.54) is 49.1 Å². The highest BCUT2D eigenvalue weighted by Crippen LogP contribution is 2.33. The lowest BCUT2D eigenvalue weighted by Gasteiger charge is -2.20. The van der Waals surface area contributed by atoms with Gasteiger partial charge in [0.25, 0.3) is 0 Å². The summed E-state index contributed by atoms with van der Waals surface area (Å²) < 4.78 is 58.3. The van der Waals surface area contributed by atoms with Gasteiger partial charge in [0.2, 0.25) is 11.8 Å². The molecule has 0 aliphatic heterocycles. The van der Waals surface area contributed by atoms with Crippen molar-refractivity contribution in [3.63, 3.8) is 0 Å². The van der Waals surface area contributed by atoms with Gasteiger partial charge in [-0.1, -0.05) is 47.6 Å². The molecule has 0 aliphatic rings. The number of ketones is 1. The predicted octanol–water partition coefficient (Wildman–Crippen LogP) is 8.10. The Kier molecular flexibility index (Phi) is 11.2. The van der Waals surface area contributed by atoms with Gasteiger partial charge in [-0.2, -0.15) is 0 Å². The molecule has 6 rings (SSSR count). The van der Waals surface area contributed by atoms with Gasteiger partial charge in [-0.3, -0.25) is 34.3 Å². The molecule has 14 heteroatoms. The molecule has 10 nitrogen and oxygen atoms in total. The van der Waals surface area contributed by atoms with Crippen molar-refractivity contribution >= 4 is 51.0 Å². The fourth-order valence-corrected chi connectivity index (χ4v) is 4.96. The van der Waals surface area contributed by atoms with Crippen LogP contribution in [0.3, 0.4) is 0 Å². The summed E-state index contributed by atoms with van der Waals surface area (Å²) in [5, 5.41) is 15.4. The molecule has 0 saturated carbocycles. The standard InChI is InChI=1S/C20H19F2N3O2.C20H17F2N3O2/c2*1-20(2,3)19(27)25-14-7-5-12(21)16(17(14)22)18(26)11-4-6-13-15(10-11)24-9-8-23-13/h4-10,18,26H,1-3H3,(H,25,27);4-10H,1-3H3,(H,25,27). The van der Waals surface area contributed by atoms with Gasteiger partial charge in [-0.05, 0) is 60.2 Å². The van der Waals surface area contributed by atoms with Gasteiger partial charge in [0, 0.05) is 41.2 Å². The van der Waals surface area contributed by atoms with Gasteiger partial charge in [0.15, 0.2) is 17.4 Å². The average Bonchev–Trinajstić information content (AvgIpc) is 3.13. The van der Waals surface area contributed by atoms with Crippen molar-refractivity contribution in [2.45, 2.75) is 47.6 Å². The number of hydrogen-bond donors (Lipinski definition) is 3. The predicted molar refractivity (Wildman–Crippen MR) is 195 cm³/mol. The fraction of sp³-hybridized carbons (Fsp3) is 0.225. The van der Waals surface area contributed by atoms with Crippen LogP contribution in [0, 0.1) is 34.1 Å². The van der Waals surface area contributed by atoms with Gasteiger partial charge in [-0.15, -0.1) is 0 Å². The maximum atomic E-state index is 14.9. The lowest BCUT2D eigenvalue weighted by atomic mass is 9.95. The van der Waals surface area contributed by atoms with Crippen molar-refractivity contribution < 1.29 is 37.1 Å². The summed E-state index contributed by atoms with van der Waals surface area (Å²) in [6.45, 7) is 10.0. The molecule has 1 atom stereocenters. The van der Waals surface area contributed by atoms with E-state index in [0.29, 0.717) is 22.1 Å². The van der Waals surface area contributed by atoms with E-state index in [0.717, 1.165) is 24.3 Å². The molecule has 0 radical (unpaired) electrons. The van der Waals surface area contributed by atoms with Crippen LogP contribution in [0.1, 0.15) is 74.7 Å². The van der Waals surface area contributed by atoms with Crippen LogP contribution in [-0.4, -0.2) is 42.6 Å². The summed E-state index contributed by atoms with van der Waals surface area (Å²) in [6, 6.07) is 13.3. The van der Waals surface area contributed by atoms with Crippen LogP contribution in [0.15, 0.2) is 85.5 Å². The minimum atomic E-state index is -1.57. The molecule has 1 unspecified atom stereocenters. The van der Waals surface area contributed by atoms with Gasteiger partial charge >= 0.3 is 0 Å². The number of carbonyl (C=O) groups excluding carboxylic acids is 3. The molecule has 0 bridgehead atoms. The monoisotopic (exact) mass is 740 g/mol. The second kappa shape index (κ2) is 15.4. The molecule has 4 aromatic carbocycles. The summed E-state index contributed by atoms with van der Waals surface area (Å²) in [4.78, 5) is 53.4. The third-order valence-electron chi connectivity index (χ3n) is 8.12. The van der Waals surface area contributed by atoms with Crippen LogP contribution in [0.4, 0.5) is 28.9 Å². The van der Waals surface area contributed by atoms with Crippen LogP contribution >= 0.6 is 0 Å². The SMILES string of the molecule is CC(C)(C)C(=O)Nc1ccc(F)c(C(=O)c2ccc3nccnc3c2)c1F.CC(C)(C)C(=O)Nc1ccc(F)c(C(O)c2ccc3nccnc3c2)c1F. The van der Waals surface area contributed by atoms with Crippen LogP contribution in [-0.2, 0) is 9.59 Å². The Hall–Kier alpha value is -6.15. The molecule has 54 heavy (non-hydrogen) atoms. The minimum Gasteiger partial charge on any atom is -0.383 e. The van der Waals surface area contributed by atoms with Crippen LogP contribution in [0.5, 0.6) is 0 Å². The molecule has 6 aromatic rings. The number of benzene rings is 4. The third-order valence-corrected chi connectivity index (χ3v) is 8.12. The molecule has 0 aliphatic carbocycles. The van der Waals surface area contributed by atoms with E-state index in [9.17, 15) is 37.1 Å². The molecule has 0 fully saturated rings. The first-order valence-corrected chi connectivity index (χ1v) is 16.6. The van der Waals surface area contributed by atoms with E-state index in [-0.39, 0.29) is 22.5 Å². The quantitative estimate of drug-likeness (QED) is 0.115. The third kappa shape index (κ3) is 8.55. The number of rotatable bonds is 6. The highest BCUT2D eigenvalue weighted by Gasteiger charge is 2.28. The number of anilines is 2. The van der Waals surface area contributed by atoms with Crippen LogP contribution in [0.2, 0.25) is 0 Å². The summed E-state index contributed by atoms with van der Waals surface area (Å²) in [7, 11) is 0. The summed E-state index contributed by atoms with van der Waals surface area (Å²) in [5.41, 5.74) is -0.824. The lowest BCUT2D eigenvalue weighted by Crippen LogP contribution is -2.28. The van der Waals surface area contributed by atoms with E-state index >= 15 is 0 Å². The van der Waals surface area contributed by atoms with Crippen molar-refractivity contribution in [2.75, 3.05) is 10.6 Å². The number of fused-ring (bicyclic) bond motifs is 2. The molecule has 0 saturated heterocycles. The molecular weight excluding hydrogens is 704 g/mol. The number of halogens is 4. The number of nitrogens with zero attached hydrogens (tertiary/aromatic N) is 4. The normalized spacial score (nSPS) is 12.1. The largest absolute Gasteiger partial charge is 0.383 e. The van der Waals surface area contributed by atoms with Gasteiger partial charge in [0.05, 0.1) is 44.6 Å². The number of aliphatic hydroxyl groups excluding tert-OH is 1. The van der Waals surface area contributed by atoms with E-state index in [2.05, 4.69) is 30.6 Å². The first kappa shape index (κ1) is 39.1. The summed E-state index contributed by atoms with van der Waals surface area (Å²) >= 11 is 0. The highest BCUT2D eigenvalue weighted by atomic mass is 19.1.